The van der Waals surface area contributed by atoms with Gasteiger partial charge in [-0.05, 0) is 38.3 Å². The van der Waals surface area contributed by atoms with Crippen LogP contribution >= 0.6 is 0 Å². The summed E-state index contributed by atoms with van der Waals surface area (Å²) < 4.78 is 2.42. The van der Waals surface area contributed by atoms with Crippen molar-refractivity contribution in [3.8, 4) is 11.3 Å². The third-order valence-electron chi connectivity index (χ3n) is 6.75. The van der Waals surface area contributed by atoms with Crippen molar-refractivity contribution in [1.82, 2.24) is 24.4 Å². The molecule has 4 heterocycles. The molecule has 1 atom stereocenters. The first-order valence-corrected chi connectivity index (χ1v) is 11.5. The van der Waals surface area contributed by atoms with Crippen LogP contribution in [0.2, 0.25) is 0 Å². The standard InChI is InChI=1S/C24H32N6/c1-3-6-18(2)28-12-9-23-27-20-15-19(7-8-22(20)30(23)14-13-28)21-16-26-24(17-25-21)29-10-4-5-11-29/h7-8,15-18H,3-6,9-14H2,1-2H3. The number of benzene rings is 1. The minimum absolute atomic E-state index is 0.652. The van der Waals surface area contributed by atoms with Crippen molar-refractivity contribution in [2.45, 2.75) is 58.5 Å². The second-order valence-electron chi connectivity index (χ2n) is 8.76. The van der Waals surface area contributed by atoms with Crippen molar-refractivity contribution < 1.29 is 0 Å². The smallest absolute Gasteiger partial charge is 0.147 e. The van der Waals surface area contributed by atoms with E-state index < -0.39 is 0 Å². The lowest BCUT2D eigenvalue weighted by Gasteiger charge is -2.27. The average molecular weight is 405 g/mol. The first-order valence-electron chi connectivity index (χ1n) is 11.5. The predicted molar refractivity (Wildman–Crippen MR) is 122 cm³/mol. The topological polar surface area (TPSA) is 50.1 Å². The molecular weight excluding hydrogens is 372 g/mol. The van der Waals surface area contributed by atoms with Crippen molar-refractivity contribution in [3.63, 3.8) is 0 Å². The quantitative estimate of drug-likeness (QED) is 0.640. The van der Waals surface area contributed by atoms with E-state index >= 15 is 0 Å². The maximum Gasteiger partial charge on any atom is 0.147 e. The molecule has 0 amide bonds. The molecule has 2 aromatic heterocycles. The molecule has 1 unspecified atom stereocenters. The van der Waals surface area contributed by atoms with Gasteiger partial charge in [0.05, 0.1) is 29.1 Å². The first kappa shape index (κ1) is 19.5. The molecule has 2 aliphatic rings. The third-order valence-corrected chi connectivity index (χ3v) is 6.75. The summed E-state index contributed by atoms with van der Waals surface area (Å²) in [6, 6.07) is 7.20. The summed E-state index contributed by atoms with van der Waals surface area (Å²) >= 11 is 0. The minimum atomic E-state index is 0.652. The summed E-state index contributed by atoms with van der Waals surface area (Å²) in [5.74, 6) is 2.21. The molecule has 3 aromatic rings. The number of rotatable bonds is 5. The van der Waals surface area contributed by atoms with Crippen LogP contribution in [-0.4, -0.2) is 56.6 Å². The molecule has 0 N–H and O–H groups in total. The van der Waals surface area contributed by atoms with Crippen LogP contribution in [0.1, 0.15) is 45.4 Å². The Balaban J connectivity index is 1.37. The Labute approximate surface area is 179 Å². The summed E-state index contributed by atoms with van der Waals surface area (Å²) in [7, 11) is 0. The highest BCUT2D eigenvalue weighted by molar-refractivity contribution is 5.82. The predicted octanol–water partition coefficient (Wildman–Crippen LogP) is 4.14. The van der Waals surface area contributed by atoms with Crippen molar-refractivity contribution in [2.24, 2.45) is 0 Å². The van der Waals surface area contributed by atoms with E-state index in [1.165, 1.54) is 37.0 Å². The van der Waals surface area contributed by atoms with Crippen molar-refractivity contribution in [3.05, 3.63) is 36.4 Å². The molecule has 0 spiro atoms. The number of fused-ring (bicyclic) bond motifs is 3. The van der Waals surface area contributed by atoms with Gasteiger partial charge in [-0.15, -0.1) is 0 Å². The Kier molecular flexibility index (Phi) is 5.42. The van der Waals surface area contributed by atoms with E-state index in [4.69, 9.17) is 9.97 Å². The van der Waals surface area contributed by atoms with Gasteiger partial charge in [-0.3, -0.25) is 9.88 Å². The van der Waals surface area contributed by atoms with Crippen LogP contribution in [-0.2, 0) is 13.0 Å². The Morgan fingerprint density at radius 1 is 1.00 bits per heavy atom. The molecule has 0 bridgehead atoms. The maximum absolute atomic E-state index is 5.00. The van der Waals surface area contributed by atoms with Crippen LogP contribution < -0.4 is 4.90 Å². The first-order chi connectivity index (χ1) is 14.7. The largest absolute Gasteiger partial charge is 0.355 e. The fraction of sp³-hybridized carbons (Fsp3) is 0.542. The van der Waals surface area contributed by atoms with Gasteiger partial charge >= 0.3 is 0 Å². The van der Waals surface area contributed by atoms with E-state index in [-0.39, 0.29) is 0 Å². The molecule has 1 aromatic carbocycles. The number of nitrogens with zero attached hydrogens (tertiary/aromatic N) is 6. The lowest BCUT2D eigenvalue weighted by atomic mass is 10.1. The van der Waals surface area contributed by atoms with E-state index in [1.54, 1.807) is 0 Å². The average Bonchev–Trinajstić information content (AvgIpc) is 3.37. The zero-order valence-corrected chi connectivity index (χ0v) is 18.2. The van der Waals surface area contributed by atoms with Gasteiger partial charge in [-0.1, -0.05) is 19.4 Å². The van der Waals surface area contributed by atoms with Gasteiger partial charge in [0.2, 0.25) is 0 Å². The van der Waals surface area contributed by atoms with Crippen LogP contribution in [0, 0.1) is 0 Å². The number of hydrogen-bond acceptors (Lipinski definition) is 5. The summed E-state index contributed by atoms with van der Waals surface area (Å²) in [5.41, 5.74) is 4.32. The molecule has 1 saturated heterocycles. The zero-order valence-electron chi connectivity index (χ0n) is 18.2. The van der Waals surface area contributed by atoms with E-state index in [0.717, 1.165) is 61.7 Å². The van der Waals surface area contributed by atoms with Gasteiger partial charge in [-0.2, -0.15) is 0 Å². The second kappa shape index (κ2) is 8.34. The van der Waals surface area contributed by atoms with E-state index in [2.05, 4.69) is 51.4 Å². The molecule has 0 radical (unpaired) electrons. The third kappa shape index (κ3) is 3.69. The summed E-state index contributed by atoms with van der Waals surface area (Å²) in [5, 5.41) is 0. The number of imidazole rings is 1. The Morgan fingerprint density at radius 3 is 2.63 bits per heavy atom. The molecule has 0 saturated carbocycles. The van der Waals surface area contributed by atoms with E-state index in [1.807, 2.05) is 12.4 Å². The normalized spacial score (nSPS) is 18.5. The molecule has 158 valence electrons. The van der Waals surface area contributed by atoms with Gasteiger partial charge < -0.3 is 9.47 Å². The van der Waals surface area contributed by atoms with Crippen LogP contribution in [0.25, 0.3) is 22.3 Å². The molecule has 5 rings (SSSR count). The van der Waals surface area contributed by atoms with E-state index in [9.17, 15) is 0 Å². The van der Waals surface area contributed by atoms with Gasteiger partial charge in [0.15, 0.2) is 0 Å². The molecule has 6 heteroatoms. The highest BCUT2D eigenvalue weighted by Crippen LogP contribution is 2.26. The van der Waals surface area contributed by atoms with Crippen molar-refractivity contribution in [1.29, 1.82) is 0 Å². The summed E-state index contributed by atoms with van der Waals surface area (Å²) in [6.45, 7) is 10.0. The van der Waals surface area contributed by atoms with Gasteiger partial charge in [-0.25, -0.2) is 9.97 Å². The molecule has 6 nitrogen and oxygen atoms in total. The van der Waals surface area contributed by atoms with Crippen LogP contribution in [0.5, 0.6) is 0 Å². The SMILES string of the molecule is CCCC(C)N1CCc2nc3cc(-c4cnc(N5CCCC5)cn4)ccc3n2CC1. The molecule has 1 fully saturated rings. The number of hydrogen-bond donors (Lipinski definition) is 0. The zero-order chi connectivity index (χ0) is 20.5. The highest BCUT2D eigenvalue weighted by Gasteiger charge is 2.21. The Hall–Kier alpha value is -2.47. The van der Waals surface area contributed by atoms with Crippen LogP contribution in [0.15, 0.2) is 30.6 Å². The molecular formula is C24H32N6. The summed E-state index contributed by atoms with van der Waals surface area (Å²) in [6.07, 6.45) is 9.85. The van der Waals surface area contributed by atoms with Crippen molar-refractivity contribution >= 4 is 16.9 Å². The van der Waals surface area contributed by atoms with Crippen molar-refractivity contribution in [2.75, 3.05) is 31.1 Å². The molecule has 2 aliphatic heterocycles. The maximum atomic E-state index is 5.00. The number of aromatic nitrogens is 4. The Bertz CT molecular complexity index is 1000. The van der Waals surface area contributed by atoms with Gasteiger partial charge in [0.1, 0.15) is 11.6 Å². The lowest BCUT2D eigenvalue weighted by molar-refractivity contribution is 0.203. The second-order valence-corrected chi connectivity index (χ2v) is 8.76. The summed E-state index contributed by atoms with van der Waals surface area (Å²) in [4.78, 5) is 19.3. The molecule has 30 heavy (non-hydrogen) atoms. The highest BCUT2D eigenvalue weighted by atomic mass is 15.2. The monoisotopic (exact) mass is 404 g/mol. The van der Waals surface area contributed by atoms with Gasteiger partial charge in [0.25, 0.3) is 0 Å². The van der Waals surface area contributed by atoms with E-state index in [0.29, 0.717) is 6.04 Å². The number of anilines is 1. The molecule has 0 aliphatic carbocycles. The fourth-order valence-corrected chi connectivity index (χ4v) is 4.98. The van der Waals surface area contributed by atoms with Gasteiger partial charge in [0, 0.05) is 50.7 Å². The van der Waals surface area contributed by atoms with Crippen LogP contribution in [0.4, 0.5) is 5.82 Å². The van der Waals surface area contributed by atoms with Crippen LogP contribution in [0.3, 0.4) is 0 Å². The Morgan fingerprint density at radius 2 is 1.87 bits per heavy atom. The minimum Gasteiger partial charge on any atom is -0.355 e. The lowest BCUT2D eigenvalue weighted by Crippen LogP contribution is -2.35. The fourth-order valence-electron chi connectivity index (χ4n) is 4.98.